The third kappa shape index (κ3) is 3.82. The molecular weight excluding hydrogens is 344 g/mol. The average Bonchev–Trinajstić information content (AvgIpc) is 2.65. The number of likely N-dealkylation sites (tertiary alicyclic amines) is 1. The second-order valence-electron chi connectivity index (χ2n) is 7.47. The van der Waals surface area contributed by atoms with Crippen molar-refractivity contribution in [3.05, 3.63) is 59.4 Å². The van der Waals surface area contributed by atoms with E-state index < -0.39 is 0 Å². The summed E-state index contributed by atoms with van der Waals surface area (Å²) in [6, 6.07) is 8.44. The number of hydrogen-bond donors (Lipinski definition) is 1. The Morgan fingerprint density at radius 1 is 1.41 bits per heavy atom. The van der Waals surface area contributed by atoms with E-state index in [2.05, 4.69) is 11.9 Å². The molecule has 0 aliphatic carbocycles. The molecule has 6 nitrogen and oxygen atoms in total. The number of ether oxygens (including phenoxy) is 2. The number of rotatable bonds is 4. The maximum Gasteiger partial charge on any atom is 0.254 e. The zero-order valence-electron chi connectivity index (χ0n) is 15.4. The summed E-state index contributed by atoms with van der Waals surface area (Å²) in [5.74, 6) is 0.0262. The zero-order valence-corrected chi connectivity index (χ0v) is 15.4. The van der Waals surface area contributed by atoms with Crippen LogP contribution >= 0.6 is 0 Å². The van der Waals surface area contributed by atoms with Gasteiger partial charge in [0, 0.05) is 31.0 Å². The number of aromatic nitrogens is 1. The van der Waals surface area contributed by atoms with Crippen molar-refractivity contribution in [2.75, 3.05) is 19.7 Å². The highest BCUT2D eigenvalue weighted by molar-refractivity contribution is 5.95. The molecule has 142 valence electrons. The Morgan fingerprint density at radius 2 is 2.26 bits per heavy atom. The highest BCUT2D eigenvalue weighted by Gasteiger charge is 2.49. The molecule has 1 aromatic heterocycles. The Balaban J connectivity index is 1.33. The van der Waals surface area contributed by atoms with Gasteiger partial charge in [0.2, 0.25) is 0 Å². The summed E-state index contributed by atoms with van der Waals surface area (Å²) in [5.41, 5.74) is 2.48. The molecule has 27 heavy (non-hydrogen) atoms. The fourth-order valence-corrected chi connectivity index (χ4v) is 3.82. The number of aromatic hydroxyl groups is 1. The number of nitrogens with zero attached hydrogens (tertiary/aromatic N) is 2. The van der Waals surface area contributed by atoms with Crippen molar-refractivity contribution in [2.45, 2.75) is 38.1 Å². The van der Waals surface area contributed by atoms with Crippen LogP contribution in [-0.2, 0) is 16.1 Å². The standard InChI is InChI=1S/C21H24N2O4/c1-15-5-7-22-11-17(15)12-26-19-6-8-27-21(10-19)13-23(14-21)20(25)16-3-2-4-18(24)9-16/h2-5,7,9,11,19,24H,6,8,10,12-14H2,1H3/t19-/m0/s1. The topological polar surface area (TPSA) is 71.9 Å². The molecule has 0 saturated carbocycles. The minimum atomic E-state index is -0.306. The lowest BCUT2D eigenvalue weighted by atomic mass is 9.84. The summed E-state index contributed by atoms with van der Waals surface area (Å²) in [4.78, 5) is 18.5. The van der Waals surface area contributed by atoms with E-state index in [1.165, 1.54) is 11.6 Å². The summed E-state index contributed by atoms with van der Waals surface area (Å²) in [7, 11) is 0. The fourth-order valence-electron chi connectivity index (χ4n) is 3.82. The van der Waals surface area contributed by atoms with Gasteiger partial charge in [-0.3, -0.25) is 9.78 Å². The van der Waals surface area contributed by atoms with E-state index >= 15 is 0 Å². The van der Waals surface area contributed by atoms with Crippen molar-refractivity contribution in [2.24, 2.45) is 0 Å². The first-order valence-corrected chi connectivity index (χ1v) is 9.28. The van der Waals surface area contributed by atoms with E-state index in [-0.39, 0.29) is 23.4 Å². The first-order valence-electron chi connectivity index (χ1n) is 9.28. The molecule has 2 aliphatic heterocycles. The van der Waals surface area contributed by atoms with Gasteiger partial charge < -0.3 is 19.5 Å². The van der Waals surface area contributed by atoms with Crippen LogP contribution in [-0.4, -0.2) is 52.3 Å². The van der Waals surface area contributed by atoms with Gasteiger partial charge in [-0.15, -0.1) is 0 Å². The molecule has 1 atom stereocenters. The molecule has 2 aromatic rings. The van der Waals surface area contributed by atoms with Gasteiger partial charge in [-0.05, 0) is 48.7 Å². The van der Waals surface area contributed by atoms with Gasteiger partial charge in [-0.2, -0.15) is 0 Å². The number of aryl methyl sites for hydroxylation is 1. The Bertz CT molecular complexity index is 832. The summed E-state index contributed by atoms with van der Waals surface area (Å²) >= 11 is 0. The zero-order chi connectivity index (χ0) is 18.9. The summed E-state index contributed by atoms with van der Waals surface area (Å²) in [5, 5.41) is 9.57. The Morgan fingerprint density at radius 3 is 3.04 bits per heavy atom. The lowest BCUT2D eigenvalue weighted by Gasteiger charge is -2.53. The molecule has 2 fully saturated rings. The Hall–Kier alpha value is -2.44. The minimum absolute atomic E-state index is 0.0749. The molecule has 2 aliphatic rings. The van der Waals surface area contributed by atoms with Gasteiger partial charge in [0.1, 0.15) is 11.4 Å². The molecule has 1 N–H and O–H groups in total. The molecule has 2 saturated heterocycles. The number of phenolic OH excluding ortho intramolecular Hbond substituents is 1. The number of hydrogen-bond acceptors (Lipinski definition) is 5. The average molecular weight is 368 g/mol. The first kappa shape index (κ1) is 17.9. The Labute approximate surface area is 158 Å². The van der Waals surface area contributed by atoms with E-state index in [0.717, 1.165) is 18.4 Å². The summed E-state index contributed by atoms with van der Waals surface area (Å²) in [6.45, 7) is 4.38. The number of benzene rings is 1. The molecule has 1 aromatic carbocycles. The first-order chi connectivity index (χ1) is 13.0. The minimum Gasteiger partial charge on any atom is -0.508 e. The molecule has 1 spiro atoms. The molecule has 0 unspecified atom stereocenters. The van der Waals surface area contributed by atoms with Crippen LogP contribution in [0, 0.1) is 6.92 Å². The van der Waals surface area contributed by atoms with Crippen LogP contribution in [0.5, 0.6) is 5.75 Å². The monoisotopic (exact) mass is 368 g/mol. The highest BCUT2D eigenvalue weighted by Crippen LogP contribution is 2.36. The largest absolute Gasteiger partial charge is 0.508 e. The smallest absolute Gasteiger partial charge is 0.254 e. The van der Waals surface area contributed by atoms with Gasteiger partial charge in [-0.1, -0.05) is 6.07 Å². The van der Waals surface area contributed by atoms with Crippen molar-refractivity contribution in [1.82, 2.24) is 9.88 Å². The Kier molecular flexibility index (Phi) is 4.85. The molecule has 0 bridgehead atoms. The second kappa shape index (κ2) is 7.29. The van der Waals surface area contributed by atoms with Crippen LogP contribution in [0.25, 0.3) is 0 Å². The van der Waals surface area contributed by atoms with Crippen molar-refractivity contribution in [1.29, 1.82) is 0 Å². The van der Waals surface area contributed by atoms with Gasteiger partial charge in [0.15, 0.2) is 0 Å². The highest BCUT2D eigenvalue weighted by atomic mass is 16.5. The second-order valence-corrected chi connectivity index (χ2v) is 7.47. The van der Waals surface area contributed by atoms with E-state index in [9.17, 15) is 9.90 Å². The lowest BCUT2D eigenvalue weighted by molar-refractivity contribution is -0.188. The van der Waals surface area contributed by atoms with Gasteiger partial charge in [0.05, 0.1) is 25.8 Å². The van der Waals surface area contributed by atoms with E-state index in [4.69, 9.17) is 9.47 Å². The van der Waals surface area contributed by atoms with Gasteiger partial charge in [-0.25, -0.2) is 0 Å². The summed E-state index contributed by atoms with van der Waals surface area (Å²) in [6.07, 6.45) is 5.41. The maximum atomic E-state index is 12.6. The quantitative estimate of drug-likeness (QED) is 0.898. The van der Waals surface area contributed by atoms with Crippen LogP contribution in [0.1, 0.15) is 34.3 Å². The van der Waals surface area contributed by atoms with Crippen molar-refractivity contribution >= 4 is 5.91 Å². The molecule has 4 rings (SSSR count). The molecule has 3 heterocycles. The molecule has 6 heteroatoms. The molecule has 0 radical (unpaired) electrons. The predicted molar refractivity (Wildman–Crippen MR) is 99.5 cm³/mol. The third-order valence-corrected chi connectivity index (χ3v) is 5.41. The van der Waals surface area contributed by atoms with Crippen LogP contribution < -0.4 is 0 Å². The van der Waals surface area contributed by atoms with E-state index in [1.54, 1.807) is 29.3 Å². The normalized spacial score (nSPS) is 21.1. The third-order valence-electron chi connectivity index (χ3n) is 5.41. The predicted octanol–water partition coefficient (Wildman–Crippen LogP) is 2.69. The lowest BCUT2D eigenvalue weighted by Crippen LogP contribution is -2.67. The number of carbonyl (C=O) groups excluding carboxylic acids is 1. The fraction of sp³-hybridized carbons (Fsp3) is 0.429. The van der Waals surface area contributed by atoms with E-state index in [1.807, 2.05) is 12.3 Å². The molecule has 1 amide bonds. The van der Waals surface area contributed by atoms with Crippen LogP contribution in [0.3, 0.4) is 0 Å². The van der Waals surface area contributed by atoms with Crippen molar-refractivity contribution < 1.29 is 19.4 Å². The number of amides is 1. The maximum absolute atomic E-state index is 12.6. The molecular formula is C21H24N2O4. The van der Waals surface area contributed by atoms with Crippen molar-refractivity contribution in [3.63, 3.8) is 0 Å². The van der Waals surface area contributed by atoms with E-state index in [0.29, 0.717) is 31.9 Å². The van der Waals surface area contributed by atoms with Gasteiger partial charge >= 0.3 is 0 Å². The SMILES string of the molecule is Cc1ccncc1CO[C@H]1CCOC2(C1)CN(C(=O)c1cccc(O)c1)C2. The van der Waals surface area contributed by atoms with Crippen LogP contribution in [0.4, 0.5) is 0 Å². The number of carbonyl (C=O) groups is 1. The number of pyridine rings is 1. The van der Waals surface area contributed by atoms with Crippen LogP contribution in [0.2, 0.25) is 0 Å². The van der Waals surface area contributed by atoms with Gasteiger partial charge in [0.25, 0.3) is 5.91 Å². The van der Waals surface area contributed by atoms with Crippen molar-refractivity contribution in [3.8, 4) is 5.75 Å². The number of phenols is 1. The summed E-state index contributed by atoms with van der Waals surface area (Å²) < 4.78 is 12.1. The van der Waals surface area contributed by atoms with Crippen LogP contribution in [0.15, 0.2) is 42.7 Å².